The summed E-state index contributed by atoms with van der Waals surface area (Å²) >= 11 is 0. The van der Waals surface area contributed by atoms with Gasteiger partial charge in [-0.3, -0.25) is 14.4 Å². The molecule has 0 saturated carbocycles. The number of carbonyl (C=O) groups is 2. The van der Waals surface area contributed by atoms with E-state index in [9.17, 15) is 27.6 Å². The number of hydrogen-bond donors (Lipinski definition) is 2. The van der Waals surface area contributed by atoms with Crippen LogP contribution in [0.25, 0.3) is 11.0 Å². The Kier molecular flexibility index (Phi) is 7.29. The van der Waals surface area contributed by atoms with Crippen LogP contribution in [0.5, 0.6) is 23.0 Å². The Bertz CT molecular complexity index is 1270. The second kappa shape index (κ2) is 10.1. The molecule has 12 heteroatoms. The minimum Gasteiger partial charge on any atom is -0.490 e. The number of halogens is 3. The van der Waals surface area contributed by atoms with Crippen LogP contribution in [0.2, 0.25) is 0 Å². The molecule has 0 radical (unpaired) electrons. The summed E-state index contributed by atoms with van der Waals surface area (Å²) in [6, 6.07) is 9.33. The fourth-order valence-electron chi connectivity index (χ4n) is 2.82. The number of amides is 1. The van der Waals surface area contributed by atoms with Crippen molar-refractivity contribution in [3.8, 4) is 23.0 Å². The molecule has 9 nitrogen and oxygen atoms in total. The first-order chi connectivity index (χ1) is 16.1. The van der Waals surface area contributed by atoms with Crippen LogP contribution in [0.1, 0.15) is 12.7 Å². The molecule has 0 unspecified atom stereocenters. The van der Waals surface area contributed by atoms with Gasteiger partial charge in [-0.25, -0.2) is 0 Å². The number of carboxylic acids is 1. The molecule has 0 aliphatic heterocycles. The van der Waals surface area contributed by atoms with Crippen LogP contribution in [-0.4, -0.2) is 36.7 Å². The highest BCUT2D eigenvalue weighted by Crippen LogP contribution is 2.40. The number of rotatable bonds is 9. The van der Waals surface area contributed by atoms with E-state index >= 15 is 0 Å². The number of ether oxygens (including phenoxy) is 3. The van der Waals surface area contributed by atoms with Crippen molar-refractivity contribution < 1.29 is 46.5 Å². The van der Waals surface area contributed by atoms with Crippen LogP contribution in [0.4, 0.5) is 13.2 Å². The second-order valence-corrected chi connectivity index (χ2v) is 6.69. The lowest BCUT2D eigenvalue weighted by Crippen LogP contribution is -2.33. The van der Waals surface area contributed by atoms with Gasteiger partial charge >= 0.3 is 12.1 Å². The van der Waals surface area contributed by atoms with E-state index in [0.29, 0.717) is 0 Å². The van der Waals surface area contributed by atoms with Gasteiger partial charge in [-0.05, 0) is 31.2 Å². The second-order valence-electron chi connectivity index (χ2n) is 6.69. The Morgan fingerprint density at radius 3 is 2.44 bits per heavy atom. The zero-order valence-corrected chi connectivity index (χ0v) is 17.6. The van der Waals surface area contributed by atoms with E-state index in [4.69, 9.17) is 23.7 Å². The van der Waals surface area contributed by atoms with Crippen molar-refractivity contribution in [2.24, 2.45) is 0 Å². The maximum absolute atomic E-state index is 13.7. The molecule has 180 valence electrons. The van der Waals surface area contributed by atoms with Gasteiger partial charge in [-0.2, -0.15) is 13.2 Å². The summed E-state index contributed by atoms with van der Waals surface area (Å²) in [5.74, 6) is -4.79. The van der Waals surface area contributed by atoms with Crippen LogP contribution < -0.4 is 25.0 Å². The molecule has 0 aliphatic carbocycles. The summed E-state index contributed by atoms with van der Waals surface area (Å²) in [7, 11) is 0. The SMILES string of the molecule is CCOc1ccccc1Oc1c(C(F)(F)F)oc2cc(OCC(=O)NCC(=O)O)ccc2c1=O. The molecule has 1 amide bonds. The molecule has 3 aromatic rings. The van der Waals surface area contributed by atoms with E-state index in [1.807, 2.05) is 0 Å². The molecule has 2 aromatic carbocycles. The standard InChI is InChI=1S/C22H18F3NO8/c1-2-31-14-5-3-4-6-15(14)33-20-19(30)13-8-7-12(32-11-17(27)26-10-18(28)29)9-16(13)34-21(20)22(23,24)25/h3-9H,2,10-11H2,1H3,(H,26,27)(H,28,29). The van der Waals surface area contributed by atoms with Gasteiger partial charge in [0.2, 0.25) is 11.2 Å². The van der Waals surface area contributed by atoms with Gasteiger partial charge in [0.25, 0.3) is 11.7 Å². The average molecular weight is 481 g/mol. The topological polar surface area (TPSA) is 124 Å². The first kappa shape index (κ1) is 24.4. The maximum Gasteiger partial charge on any atom is 0.453 e. The lowest BCUT2D eigenvalue weighted by molar-refractivity contribution is -0.154. The highest BCUT2D eigenvalue weighted by Gasteiger charge is 2.40. The highest BCUT2D eigenvalue weighted by atomic mass is 19.4. The number of fused-ring (bicyclic) bond motifs is 1. The van der Waals surface area contributed by atoms with Crippen molar-refractivity contribution in [2.75, 3.05) is 19.8 Å². The van der Waals surface area contributed by atoms with Crippen molar-refractivity contribution >= 4 is 22.8 Å². The van der Waals surface area contributed by atoms with Crippen LogP contribution >= 0.6 is 0 Å². The third kappa shape index (κ3) is 5.77. The summed E-state index contributed by atoms with van der Waals surface area (Å²) < 4.78 is 62.0. The van der Waals surface area contributed by atoms with Crippen LogP contribution in [-0.2, 0) is 15.8 Å². The summed E-state index contributed by atoms with van der Waals surface area (Å²) in [4.78, 5) is 34.9. The molecule has 0 saturated heterocycles. The molecule has 0 atom stereocenters. The molecule has 3 rings (SSSR count). The number of para-hydroxylation sites is 2. The average Bonchev–Trinajstić information content (AvgIpc) is 2.78. The molecular formula is C22H18F3NO8. The summed E-state index contributed by atoms with van der Waals surface area (Å²) in [5.41, 5.74) is -1.53. The van der Waals surface area contributed by atoms with Crippen LogP contribution in [0.15, 0.2) is 51.7 Å². The number of benzene rings is 2. The molecule has 0 spiro atoms. The Morgan fingerprint density at radius 2 is 1.79 bits per heavy atom. The zero-order chi connectivity index (χ0) is 24.9. The molecular weight excluding hydrogens is 463 g/mol. The summed E-state index contributed by atoms with van der Waals surface area (Å²) in [6.07, 6.45) is -5.07. The molecule has 0 fully saturated rings. The van der Waals surface area contributed by atoms with Gasteiger partial charge in [0, 0.05) is 6.07 Å². The Morgan fingerprint density at radius 1 is 1.09 bits per heavy atom. The Hall–Kier alpha value is -4.22. The number of aliphatic carboxylic acids is 1. The number of nitrogens with one attached hydrogen (secondary N) is 1. The largest absolute Gasteiger partial charge is 0.490 e. The fourth-order valence-corrected chi connectivity index (χ4v) is 2.82. The highest BCUT2D eigenvalue weighted by molar-refractivity contribution is 5.83. The van der Waals surface area contributed by atoms with Gasteiger partial charge in [0.15, 0.2) is 18.1 Å². The smallest absolute Gasteiger partial charge is 0.453 e. The lowest BCUT2D eigenvalue weighted by atomic mass is 10.2. The predicted molar refractivity (Wildman–Crippen MR) is 111 cm³/mol. The third-order valence-corrected chi connectivity index (χ3v) is 4.25. The fraction of sp³-hybridized carbons (Fsp3) is 0.227. The Labute approximate surface area is 189 Å². The molecule has 0 aliphatic rings. The molecule has 0 bridgehead atoms. The third-order valence-electron chi connectivity index (χ3n) is 4.25. The molecule has 34 heavy (non-hydrogen) atoms. The monoisotopic (exact) mass is 481 g/mol. The normalized spacial score (nSPS) is 11.2. The molecule has 1 aromatic heterocycles. The molecule has 2 N–H and O–H groups in total. The van der Waals surface area contributed by atoms with Crippen LogP contribution in [0.3, 0.4) is 0 Å². The quantitative estimate of drug-likeness (QED) is 0.475. The number of alkyl halides is 3. The number of carboxylic acid groups (broad SMARTS) is 1. The van der Waals surface area contributed by atoms with E-state index in [-0.39, 0.29) is 29.2 Å². The van der Waals surface area contributed by atoms with Crippen molar-refractivity contribution in [3.63, 3.8) is 0 Å². The Balaban J connectivity index is 1.97. The maximum atomic E-state index is 13.7. The zero-order valence-electron chi connectivity index (χ0n) is 17.6. The van der Waals surface area contributed by atoms with Crippen molar-refractivity contribution in [2.45, 2.75) is 13.1 Å². The van der Waals surface area contributed by atoms with Crippen molar-refractivity contribution in [1.82, 2.24) is 5.32 Å². The minimum atomic E-state index is -5.07. The van der Waals surface area contributed by atoms with E-state index in [1.165, 1.54) is 24.3 Å². The van der Waals surface area contributed by atoms with Crippen LogP contribution in [0, 0.1) is 0 Å². The number of hydrogen-bond acceptors (Lipinski definition) is 7. The van der Waals surface area contributed by atoms with Crippen molar-refractivity contribution in [1.29, 1.82) is 0 Å². The summed E-state index contributed by atoms with van der Waals surface area (Å²) in [5, 5.41) is 10.4. The van der Waals surface area contributed by atoms with E-state index in [2.05, 4.69) is 5.32 Å². The van der Waals surface area contributed by atoms with Gasteiger partial charge < -0.3 is 29.1 Å². The minimum absolute atomic E-state index is 0.0791. The van der Waals surface area contributed by atoms with Gasteiger partial charge in [0.05, 0.1) is 12.0 Å². The lowest BCUT2D eigenvalue weighted by Gasteiger charge is -2.15. The predicted octanol–water partition coefficient (Wildman–Crippen LogP) is 3.58. The number of carbonyl (C=O) groups excluding carboxylic acids is 1. The van der Waals surface area contributed by atoms with E-state index < -0.39 is 53.7 Å². The van der Waals surface area contributed by atoms with Crippen molar-refractivity contribution in [3.05, 3.63) is 58.4 Å². The van der Waals surface area contributed by atoms with Gasteiger partial charge in [-0.15, -0.1) is 0 Å². The first-order valence-corrected chi connectivity index (χ1v) is 9.79. The van der Waals surface area contributed by atoms with Gasteiger partial charge in [-0.1, -0.05) is 12.1 Å². The van der Waals surface area contributed by atoms with E-state index in [1.54, 1.807) is 13.0 Å². The van der Waals surface area contributed by atoms with Gasteiger partial charge in [0.1, 0.15) is 17.9 Å². The summed E-state index contributed by atoms with van der Waals surface area (Å²) in [6.45, 7) is 0.664. The first-order valence-electron chi connectivity index (χ1n) is 9.79. The van der Waals surface area contributed by atoms with E-state index in [0.717, 1.165) is 12.1 Å². The molecule has 1 heterocycles.